The number of amides is 1. The Hall–Kier alpha value is -2.34. The Labute approximate surface area is 163 Å². The van der Waals surface area contributed by atoms with Gasteiger partial charge >= 0.3 is 0 Å². The predicted octanol–water partition coefficient (Wildman–Crippen LogP) is 4.67. The molecular weight excluding hydrogens is 392 g/mol. The number of carbonyl (C=O) groups excluding carboxylic acids is 1. The van der Waals surface area contributed by atoms with Crippen molar-refractivity contribution in [2.24, 2.45) is 0 Å². The summed E-state index contributed by atoms with van der Waals surface area (Å²) >= 11 is 8.38. The van der Waals surface area contributed by atoms with Crippen LogP contribution in [0.1, 0.15) is 16.0 Å². The van der Waals surface area contributed by atoms with E-state index >= 15 is 0 Å². The molecule has 1 aromatic carbocycles. The first-order valence-electron chi connectivity index (χ1n) is 7.50. The molecule has 1 N–H and O–H groups in total. The number of rotatable bonds is 5. The van der Waals surface area contributed by atoms with Crippen LogP contribution in [0.2, 0.25) is 5.02 Å². The van der Waals surface area contributed by atoms with Crippen LogP contribution in [-0.2, 0) is 4.79 Å². The monoisotopic (exact) mass is 404 g/mol. The summed E-state index contributed by atoms with van der Waals surface area (Å²) in [5.74, 6) is 0.225. The highest BCUT2D eigenvalue weighted by atomic mass is 35.5. The topological polar surface area (TPSA) is 91.8 Å². The van der Waals surface area contributed by atoms with Crippen LogP contribution in [0.5, 0.6) is 0 Å². The standard InChI is InChI=1S/C17H13ClN4O2S2/c1-9-10(2)26-16(13(9)7-19)20-14(23)8-25-17-22-21-15(24-17)11-3-5-12(18)6-4-11/h3-6H,8H2,1-2H3,(H,20,23). The number of nitrogens with zero attached hydrogens (tertiary/aromatic N) is 3. The largest absolute Gasteiger partial charge is 0.411 e. The van der Waals surface area contributed by atoms with Gasteiger partial charge in [0.1, 0.15) is 11.1 Å². The molecule has 0 aliphatic rings. The third-order valence-electron chi connectivity index (χ3n) is 3.57. The van der Waals surface area contributed by atoms with E-state index in [-0.39, 0.29) is 11.7 Å². The molecule has 0 saturated carbocycles. The maximum absolute atomic E-state index is 12.1. The molecule has 0 bridgehead atoms. The minimum Gasteiger partial charge on any atom is -0.411 e. The second-order valence-corrected chi connectivity index (χ2v) is 7.90. The van der Waals surface area contributed by atoms with Crippen molar-refractivity contribution in [1.29, 1.82) is 5.26 Å². The third kappa shape index (κ3) is 4.07. The maximum Gasteiger partial charge on any atom is 0.277 e. The smallest absolute Gasteiger partial charge is 0.277 e. The lowest BCUT2D eigenvalue weighted by atomic mass is 10.2. The average molecular weight is 405 g/mol. The fourth-order valence-electron chi connectivity index (χ4n) is 2.12. The zero-order valence-electron chi connectivity index (χ0n) is 13.9. The van der Waals surface area contributed by atoms with Crippen molar-refractivity contribution >= 4 is 45.6 Å². The Kier molecular flexibility index (Phi) is 5.61. The van der Waals surface area contributed by atoms with Crippen molar-refractivity contribution in [3.63, 3.8) is 0 Å². The molecule has 132 valence electrons. The predicted molar refractivity (Wildman–Crippen MR) is 103 cm³/mol. The van der Waals surface area contributed by atoms with Crippen molar-refractivity contribution in [1.82, 2.24) is 10.2 Å². The quantitative estimate of drug-likeness (QED) is 0.621. The number of thioether (sulfide) groups is 1. The van der Waals surface area contributed by atoms with Gasteiger partial charge in [-0.2, -0.15) is 5.26 Å². The average Bonchev–Trinajstić information content (AvgIpc) is 3.19. The minimum atomic E-state index is -0.237. The van der Waals surface area contributed by atoms with Crippen LogP contribution in [0, 0.1) is 25.2 Å². The highest BCUT2D eigenvalue weighted by Crippen LogP contribution is 2.32. The van der Waals surface area contributed by atoms with Gasteiger partial charge < -0.3 is 9.73 Å². The maximum atomic E-state index is 12.1. The summed E-state index contributed by atoms with van der Waals surface area (Å²) in [4.78, 5) is 13.2. The number of aryl methyl sites for hydroxylation is 1. The van der Waals surface area contributed by atoms with Gasteiger partial charge in [0.15, 0.2) is 0 Å². The van der Waals surface area contributed by atoms with Gasteiger partial charge in [-0.25, -0.2) is 0 Å². The molecule has 0 spiro atoms. The van der Waals surface area contributed by atoms with Gasteiger partial charge in [0.2, 0.25) is 11.8 Å². The summed E-state index contributed by atoms with van der Waals surface area (Å²) in [7, 11) is 0. The Morgan fingerprint density at radius 1 is 1.35 bits per heavy atom. The molecule has 0 fully saturated rings. The Morgan fingerprint density at radius 2 is 2.08 bits per heavy atom. The summed E-state index contributed by atoms with van der Waals surface area (Å²) in [5.41, 5.74) is 2.15. The second-order valence-electron chi connectivity index (χ2n) is 5.32. The van der Waals surface area contributed by atoms with Crippen LogP contribution in [-0.4, -0.2) is 21.9 Å². The van der Waals surface area contributed by atoms with Crippen molar-refractivity contribution in [3.8, 4) is 17.5 Å². The van der Waals surface area contributed by atoms with Gasteiger partial charge in [-0.15, -0.1) is 21.5 Å². The lowest BCUT2D eigenvalue weighted by Crippen LogP contribution is -2.13. The molecule has 3 rings (SSSR count). The second kappa shape index (κ2) is 7.91. The molecule has 2 heterocycles. The number of nitriles is 1. The fourth-order valence-corrected chi connectivity index (χ4v) is 3.83. The summed E-state index contributed by atoms with van der Waals surface area (Å²) < 4.78 is 5.55. The molecule has 0 radical (unpaired) electrons. The van der Waals surface area contributed by atoms with Crippen molar-refractivity contribution in [2.75, 3.05) is 11.1 Å². The van der Waals surface area contributed by atoms with Crippen molar-refractivity contribution in [3.05, 3.63) is 45.3 Å². The first kappa shape index (κ1) is 18.5. The number of aromatic nitrogens is 2. The van der Waals surface area contributed by atoms with E-state index in [9.17, 15) is 10.1 Å². The van der Waals surface area contributed by atoms with Gasteiger partial charge in [0.05, 0.1) is 11.3 Å². The lowest BCUT2D eigenvalue weighted by Gasteiger charge is -2.01. The molecule has 3 aromatic rings. The van der Waals surface area contributed by atoms with E-state index in [0.717, 1.165) is 27.8 Å². The Bertz CT molecular complexity index is 989. The van der Waals surface area contributed by atoms with E-state index in [2.05, 4.69) is 21.6 Å². The van der Waals surface area contributed by atoms with Crippen LogP contribution in [0.25, 0.3) is 11.5 Å². The van der Waals surface area contributed by atoms with E-state index < -0.39 is 0 Å². The SMILES string of the molecule is Cc1sc(NC(=O)CSc2nnc(-c3ccc(Cl)cc3)o2)c(C#N)c1C. The summed E-state index contributed by atoms with van der Waals surface area (Å²) in [6.07, 6.45) is 0. The van der Waals surface area contributed by atoms with E-state index in [0.29, 0.717) is 26.7 Å². The molecule has 2 aromatic heterocycles. The molecule has 0 unspecified atom stereocenters. The van der Waals surface area contributed by atoms with Crippen LogP contribution >= 0.6 is 34.7 Å². The molecule has 0 saturated heterocycles. The Morgan fingerprint density at radius 3 is 2.77 bits per heavy atom. The fraction of sp³-hybridized carbons (Fsp3) is 0.176. The molecule has 9 heteroatoms. The zero-order valence-corrected chi connectivity index (χ0v) is 16.3. The highest BCUT2D eigenvalue weighted by molar-refractivity contribution is 7.99. The van der Waals surface area contributed by atoms with Gasteiger partial charge in [-0.1, -0.05) is 23.4 Å². The summed E-state index contributed by atoms with van der Waals surface area (Å²) in [5, 5.41) is 21.4. The number of halogens is 1. The summed E-state index contributed by atoms with van der Waals surface area (Å²) in [6.45, 7) is 3.79. The molecule has 6 nitrogen and oxygen atoms in total. The van der Waals surface area contributed by atoms with Gasteiger partial charge in [-0.3, -0.25) is 4.79 Å². The minimum absolute atomic E-state index is 0.100. The lowest BCUT2D eigenvalue weighted by molar-refractivity contribution is -0.113. The number of thiophene rings is 1. The van der Waals surface area contributed by atoms with Crippen LogP contribution in [0.3, 0.4) is 0 Å². The van der Waals surface area contributed by atoms with Crippen molar-refractivity contribution in [2.45, 2.75) is 19.1 Å². The van der Waals surface area contributed by atoms with Gasteiger partial charge in [-0.05, 0) is 43.7 Å². The molecule has 0 aliphatic carbocycles. The Balaban J connectivity index is 1.61. The molecule has 0 aliphatic heterocycles. The normalized spacial score (nSPS) is 10.5. The first-order chi connectivity index (χ1) is 12.5. The van der Waals surface area contributed by atoms with Gasteiger partial charge in [0.25, 0.3) is 5.22 Å². The number of anilines is 1. The highest BCUT2D eigenvalue weighted by Gasteiger charge is 2.16. The van der Waals surface area contributed by atoms with E-state index in [1.165, 1.54) is 11.3 Å². The van der Waals surface area contributed by atoms with Gasteiger partial charge in [0, 0.05) is 15.5 Å². The number of carbonyl (C=O) groups is 1. The van der Waals surface area contributed by atoms with E-state index in [4.69, 9.17) is 16.0 Å². The molecule has 1 amide bonds. The van der Waals surface area contributed by atoms with E-state index in [1.807, 2.05) is 13.8 Å². The third-order valence-corrected chi connectivity index (χ3v) is 5.77. The summed E-state index contributed by atoms with van der Waals surface area (Å²) in [6, 6.07) is 9.16. The van der Waals surface area contributed by atoms with Crippen LogP contribution in [0.4, 0.5) is 5.00 Å². The van der Waals surface area contributed by atoms with Crippen LogP contribution in [0.15, 0.2) is 33.9 Å². The molecule has 0 atom stereocenters. The van der Waals surface area contributed by atoms with E-state index in [1.54, 1.807) is 24.3 Å². The number of hydrogen-bond acceptors (Lipinski definition) is 7. The van der Waals surface area contributed by atoms with Crippen molar-refractivity contribution < 1.29 is 9.21 Å². The zero-order chi connectivity index (χ0) is 18.7. The molecular formula is C17H13ClN4O2S2. The number of hydrogen-bond donors (Lipinski definition) is 1. The molecule has 26 heavy (non-hydrogen) atoms. The van der Waals surface area contributed by atoms with Crippen LogP contribution < -0.4 is 5.32 Å². The number of benzene rings is 1. The first-order valence-corrected chi connectivity index (χ1v) is 9.68. The number of nitrogens with one attached hydrogen (secondary N) is 1.